The molecular weight excluding hydrogens is 316 g/mol. The molecule has 0 saturated heterocycles. The lowest BCUT2D eigenvalue weighted by molar-refractivity contribution is -0.384. The third-order valence-corrected chi connectivity index (χ3v) is 4.11. The molecule has 2 N–H and O–H groups in total. The van der Waals surface area contributed by atoms with Crippen LogP contribution in [0.2, 0.25) is 0 Å². The molecule has 0 bridgehead atoms. The molecule has 1 atom stereocenters. The fourth-order valence-electron chi connectivity index (χ4n) is 1.77. The number of carbonyl (C=O) groups excluding carboxylic acids is 1. The minimum Gasteiger partial charge on any atom is -0.425 e. The average molecular weight is 332 g/mol. The van der Waals surface area contributed by atoms with Gasteiger partial charge in [0.2, 0.25) is 0 Å². The standard InChI is InChI=1S/C16H16N2O4S/c17-15(11-23-10-12-4-2-1-3-5-12)16(19)22-14-8-6-13(7-9-14)18(20)21/h1-9,15H,10-11,17H2/t15-/m1/s1. The van der Waals surface area contributed by atoms with Crippen LogP contribution in [0.25, 0.3) is 0 Å². The van der Waals surface area contributed by atoms with Crippen molar-refractivity contribution < 1.29 is 14.5 Å². The number of ether oxygens (including phenoxy) is 1. The van der Waals surface area contributed by atoms with Crippen LogP contribution in [0.3, 0.4) is 0 Å². The molecule has 120 valence electrons. The van der Waals surface area contributed by atoms with Crippen LogP contribution >= 0.6 is 11.8 Å². The topological polar surface area (TPSA) is 95.5 Å². The van der Waals surface area contributed by atoms with Crippen molar-refractivity contribution in [3.8, 4) is 5.75 Å². The van der Waals surface area contributed by atoms with Gasteiger partial charge in [0.05, 0.1) is 4.92 Å². The van der Waals surface area contributed by atoms with Gasteiger partial charge in [-0.1, -0.05) is 30.3 Å². The zero-order valence-electron chi connectivity index (χ0n) is 12.3. The van der Waals surface area contributed by atoms with E-state index in [-0.39, 0.29) is 11.4 Å². The number of rotatable bonds is 7. The van der Waals surface area contributed by atoms with Crippen LogP contribution in [0.1, 0.15) is 5.56 Å². The first kappa shape index (κ1) is 17.0. The lowest BCUT2D eigenvalue weighted by Gasteiger charge is -2.11. The lowest BCUT2D eigenvalue weighted by atomic mass is 10.2. The fourth-order valence-corrected chi connectivity index (χ4v) is 2.71. The first-order chi connectivity index (χ1) is 11.1. The highest BCUT2D eigenvalue weighted by Crippen LogP contribution is 2.18. The van der Waals surface area contributed by atoms with Crippen LogP contribution in [-0.4, -0.2) is 22.7 Å². The van der Waals surface area contributed by atoms with E-state index in [1.54, 1.807) is 11.8 Å². The Morgan fingerprint density at radius 1 is 1.17 bits per heavy atom. The van der Waals surface area contributed by atoms with Gasteiger partial charge in [-0.3, -0.25) is 10.1 Å². The molecule has 0 aliphatic rings. The van der Waals surface area contributed by atoms with Crippen LogP contribution in [0.5, 0.6) is 5.75 Å². The van der Waals surface area contributed by atoms with Gasteiger partial charge >= 0.3 is 5.97 Å². The molecule has 0 amide bonds. The van der Waals surface area contributed by atoms with Gasteiger partial charge in [0, 0.05) is 23.6 Å². The van der Waals surface area contributed by atoms with Gasteiger partial charge in [0.1, 0.15) is 11.8 Å². The fraction of sp³-hybridized carbons (Fsp3) is 0.188. The third kappa shape index (κ3) is 5.39. The van der Waals surface area contributed by atoms with Crippen LogP contribution in [0.4, 0.5) is 5.69 Å². The van der Waals surface area contributed by atoms with Gasteiger partial charge in [0.25, 0.3) is 5.69 Å². The van der Waals surface area contributed by atoms with Gasteiger partial charge in [0.15, 0.2) is 0 Å². The molecule has 2 aromatic carbocycles. The minimum absolute atomic E-state index is 0.0625. The first-order valence-corrected chi connectivity index (χ1v) is 8.05. The van der Waals surface area contributed by atoms with Crippen LogP contribution in [-0.2, 0) is 10.5 Å². The number of carbonyl (C=O) groups is 1. The van der Waals surface area contributed by atoms with Crippen molar-refractivity contribution in [2.24, 2.45) is 5.73 Å². The summed E-state index contributed by atoms with van der Waals surface area (Å²) in [5.41, 5.74) is 6.90. The second kappa shape index (κ2) is 8.30. The molecule has 0 radical (unpaired) electrons. The monoisotopic (exact) mass is 332 g/mol. The Morgan fingerprint density at radius 3 is 2.43 bits per heavy atom. The largest absolute Gasteiger partial charge is 0.425 e. The maximum atomic E-state index is 11.9. The molecule has 2 aromatic rings. The summed E-state index contributed by atoms with van der Waals surface area (Å²) in [6.45, 7) is 0. The van der Waals surface area contributed by atoms with Gasteiger partial charge in [-0.2, -0.15) is 11.8 Å². The van der Waals surface area contributed by atoms with Crippen LogP contribution < -0.4 is 10.5 Å². The molecule has 0 heterocycles. The van der Waals surface area contributed by atoms with Crippen molar-refractivity contribution in [2.45, 2.75) is 11.8 Å². The summed E-state index contributed by atoms with van der Waals surface area (Å²) in [5.74, 6) is 0.878. The van der Waals surface area contributed by atoms with Gasteiger partial charge in [-0.15, -0.1) is 0 Å². The second-order valence-corrected chi connectivity index (χ2v) is 5.81. The third-order valence-electron chi connectivity index (χ3n) is 2.98. The van der Waals surface area contributed by atoms with Crippen molar-refractivity contribution in [3.63, 3.8) is 0 Å². The highest BCUT2D eigenvalue weighted by molar-refractivity contribution is 7.98. The molecule has 0 aromatic heterocycles. The number of nitrogens with two attached hydrogens (primary N) is 1. The molecule has 0 saturated carbocycles. The van der Waals surface area contributed by atoms with E-state index in [4.69, 9.17) is 10.5 Å². The maximum absolute atomic E-state index is 11.9. The Hall–Kier alpha value is -2.38. The number of thioether (sulfide) groups is 1. The summed E-state index contributed by atoms with van der Waals surface area (Å²) >= 11 is 1.54. The Bertz CT molecular complexity index is 662. The van der Waals surface area contributed by atoms with Crippen molar-refractivity contribution >= 4 is 23.4 Å². The van der Waals surface area contributed by atoms with E-state index in [0.717, 1.165) is 11.3 Å². The summed E-state index contributed by atoms with van der Waals surface area (Å²) in [4.78, 5) is 21.9. The zero-order valence-corrected chi connectivity index (χ0v) is 13.1. The predicted octanol–water partition coefficient (Wildman–Crippen LogP) is 2.76. The molecule has 0 unspecified atom stereocenters. The second-order valence-electron chi connectivity index (χ2n) is 4.78. The molecule has 6 nitrogen and oxygen atoms in total. The van der Waals surface area contributed by atoms with E-state index >= 15 is 0 Å². The number of nitrogens with zero attached hydrogens (tertiary/aromatic N) is 1. The molecule has 0 aliphatic carbocycles. The van der Waals surface area contributed by atoms with Crippen molar-refractivity contribution in [2.75, 3.05) is 5.75 Å². The van der Waals surface area contributed by atoms with Crippen LogP contribution in [0, 0.1) is 10.1 Å². The maximum Gasteiger partial charge on any atom is 0.329 e. The summed E-state index contributed by atoms with van der Waals surface area (Å²) in [6.07, 6.45) is 0. The smallest absolute Gasteiger partial charge is 0.329 e. The Kier molecular flexibility index (Phi) is 6.13. The molecule has 0 fully saturated rings. The van der Waals surface area contributed by atoms with E-state index in [9.17, 15) is 14.9 Å². The lowest BCUT2D eigenvalue weighted by Crippen LogP contribution is -2.36. The van der Waals surface area contributed by atoms with E-state index in [2.05, 4.69) is 0 Å². The highest BCUT2D eigenvalue weighted by Gasteiger charge is 2.16. The van der Waals surface area contributed by atoms with E-state index in [1.165, 1.54) is 24.3 Å². The van der Waals surface area contributed by atoms with Gasteiger partial charge < -0.3 is 10.5 Å². The summed E-state index contributed by atoms with van der Waals surface area (Å²) in [5, 5.41) is 10.6. The summed E-state index contributed by atoms with van der Waals surface area (Å²) in [6, 6.07) is 14.4. The highest BCUT2D eigenvalue weighted by atomic mass is 32.2. The molecular formula is C16H16N2O4S. The Morgan fingerprint density at radius 2 is 1.83 bits per heavy atom. The predicted molar refractivity (Wildman–Crippen MR) is 89.3 cm³/mol. The number of hydrogen-bond donors (Lipinski definition) is 1. The number of esters is 1. The van der Waals surface area contributed by atoms with Gasteiger partial charge in [-0.05, 0) is 17.7 Å². The zero-order chi connectivity index (χ0) is 16.7. The van der Waals surface area contributed by atoms with Crippen molar-refractivity contribution in [1.82, 2.24) is 0 Å². The van der Waals surface area contributed by atoms with Crippen molar-refractivity contribution in [3.05, 3.63) is 70.3 Å². The molecule has 7 heteroatoms. The normalized spacial score (nSPS) is 11.7. The summed E-state index contributed by atoms with van der Waals surface area (Å²) in [7, 11) is 0. The Balaban J connectivity index is 1.79. The van der Waals surface area contributed by atoms with Crippen LogP contribution in [0.15, 0.2) is 54.6 Å². The summed E-state index contributed by atoms with van der Waals surface area (Å²) < 4.78 is 5.11. The van der Waals surface area contributed by atoms with Gasteiger partial charge in [-0.25, -0.2) is 4.79 Å². The number of non-ortho nitro benzene ring substituents is 1. The molecule has 0 spiro atoms. The minimum atomic E-state index is -0.751. The number of hydrogen-bond acceptors (Lipinski definition) is 6. The first-order valence-electron chi connectivity index (χ1n) is 6.89. The number of nitro groups is 1. The molecule has 0 aliphatic heterocycles. The Labute approximate surface area is 137 Å². The van der Waals surface area contributed by atoms with E-state index in [0.29, 0.717) is 5.75 Å². The average Bonchev–Trinajstić information content (AvgIpc) is 2.56. The van der Waals surface area contributed by atoms with E-state index < -0.39 is 16.9 Å². The number of benzene rings is 2. The molecule has 23 heavy (non-hydrogen) atoms. The van der Waals surface area contributed by atoms with E-state index in [1.807, 2.05) is 30.3 Å². The SMILES string of the molecule is N[C@H](CSCc1ccccc1)C(=O)Oc1ccc([N+](=O)[O-])cc1. The quantitative estimate of drug-likeness (QED) is 0.362. The molecule has 2 rings (SSSR count). The van der Waals surface area contributed by atoms with Crippen molar-refractivity contribution in [1.29, 1.82) is 0 Å². The number of nitro benzene ring substituents is 1.